The van der Waals surface area contributed by atoms with Gasteiger partial charge in [0.2, 0.25) is 29.5 Å². The predicted molar refractivity (Wildman–Crippen MR) is 208 cm³/mol. The minimum atomic E-state index is -1.22. The lowest BCUT2D eigenvalue weighted by atomic mass is 9.48. The number of rotatable bonds is 22. The predicted octanol–water partition coefficient (Wildman–Crippen LogP) is 3.85. The van der Waals surface area contributed by atoms with Crippen LogP contribution in [-0.2, 0) is 24.0 Å². The van der Waals surface area contributed by atoms with Crippen molar-refractivity contribution in [3.8, 4) is 18.4 Å². The van der Waals surface area contributed by atoms with Gasteiger partial charge in [0.15, 0.2) is 0 Å². The molecule has 53 heavy (non-hydrogen) atoms. The molecule has 302 valence electrons. The van der Waals surface area contributed by atoms with Crippen molar-refractivity contribution in [3.05, 3.63) is 0 Å². The van der Waals surface area contributed by atoms with Gasteiger partial charge in [-0.05, 0) is 61.2 Å². The quantitative estimate of drug-likeness (QED) is 0.0373. The fourth-order valence-electron chi connectivity index (χ4n) is 7.79. The van der Waals surface area contributed by atoms with Gasteiger partial charge >= 0.3 is 0 Å². The Morgan fingerprint density at radius 2 is 1.21 bits per heavy atom. The van der Waals surface area contributed by atoms with Gasteiger partial charge in [-0.3, -0.25) is 29.4 Å². The van der Waals surface area contributed by atoms with E-state index in [-0.39, 0.29) is 86.8 Å². The van der Waals surface area contributed by atoms with E-state index in [0.29, 0.717) is 19.3 Å². The maximum atomic E-state index is 14.5. The molecule has 0 aliphatic carbocycles. The molecule has 0 saturated carbocycles. The summed E-state index contributed by atoms with van der Waals surface area (Å²) in [4.78, 5) is 65.4. The second kappa shape index (κ2) is 19.6. The molecule has 0 bridgehead atoms. The second-order valence-electron chi connectivity index (χ2n) is 18.6. The van der Waals surface area contributed by atoms with Crippen LogP contribution in [0.4, 0.5) is 0 Å². The number of hydrogen-bond acceptors (Lipinski definition) is 8. The van der Waals surface area contributed by atoms with E-state index in [1.54, 1.807) is 13.8 Å². The second-order valence-corrected chi connectivity index (χ2v) is 18.6. The highest BCUT2D eigenvalue weighted by Gasteiger charge is 2.59. The highest BCUT2D eigenvalue weighted by atomic mass is 16.3. The topological polar surface area (TPSA) is 216 Å². The third kappa shape index (κ3) is 14.2. The SMILES string of the molecule is C#CCNC(=O)CCC(C)(C#N)C(C)(C)C(C)(CC(C)(C)CC(C)(C)C(C)(CC(C)(C)C)C(=O)NCCC(=O)NN)C(=O)NCCC(=O)NCC(C)O. The van der Waals surface area contributed by atoms with Crippen LogP contribution in [0, 0.1) is 61.6 Å². The summed E-state index contributed by atoms with van der Waals surface area (Å²) in [5.41, 5.74) is -3.70. The van der Waals surface area contributed by atoms with Crippen LogP contribution in [0.2, 0.25) is 0 Å². The number of aliphatic hydroxyl groups excluding tert-OH is 1. The Bertz CT molecular complexity index is 1370. The van der Waals surface area contributed by atoms with E-state index < -0.39 is 38.6 Å². The van der Waals surface area contributed by atoms with Crippen molar-refractivity contribution in [3.63, 3.8) is 0 Å². The Balaban J connectivity index is 6.92. The third-order valence-electron chi connectivity index (χ3n) is 11.4. The Labute approximate surface area is 319 Å². The van der Waals surface area contributed by atoms with Crippen molar-refractivity contribution in [2.24, 2.45) is 43.7 Å². The number of terminal acetylenes is 1. The van der Waals surface area contributed by atoms with E-state index in [0.717, 1.165) is 0 Å². The van der Waals surface area contributed by atoms with Crippen molar-refractivity contribution in [2.75, 3.05) is 26.2 Å². The van der Waals surface area contributed by atoms with Crippen LogP contribution in [0.1, 0.15) is 135 Å². The number of nitrogens with zero attached hydrogens (tertiary/aromatic N) is 1. The van der Waals surface area contributed by atoms with Gasteiger partial charge in [0.25, 0.3) is 0 Å². The van der Waals surface area contributed by atoms with Gasteiger partial charge in [-0.25, -0.2) is 5.84 Å². The molecular weight excluding hydrogens is 674 g/mol. The molecule has 4 unspecified atom stereocenters. The molecule has 0 heterocycles. The summed E-state index contributed by atoms with van der Waals surface area (Å²) in [6, 6.07) is 2.45. The molecule has 0 fully saturated rings. The molecule has 0 aliphatic rings. The molecule has 13 nitrogen and oxygen atoms in total. The van der Waals surface area contributed by atoms with E-state index >= 15 is 0 Å². The number of aliphatic hydroxyl groups is 1. The summed E-state index contributed by atoms with van der Waals surface area (Å²) in [7, 11) is 0. The summed E-state index contributed by atoms with van der Waals surface area (Å²) in [5.74, 6) is 6.07. The van der Waals surface area contributed by atoms with Crippen molar-refractivity contribution in [1.29, 1.82) is 5.26 Å². The summed E-state index contributed by atoms with van der Waals surface area (Å²) >= 11 is 0. The van der Waals surface area contributed by atoms with Crippen molar-refractivity contribution < 1.29 is 29.1 Å². The largest absolute Gasteiger partial charge is 0.392 e. The lowest BCUT2D eigenvalue weighted by molar-refractivity contribution is -0.151. The summed E-state index contributed by atoms with van der Waals surface area (Å²) in [5, 5.41) is 31.4. The molecule has 0 aromatic heterocycles. The lowest BCUT2D eigenvalue weighted by Gasteiger charge is -2.55. The number of amides is 5. The molecular formula is C40H71N7O6. The smallest absolute Gasteiger partial charge is 0.235 e. The first kappa shape index (κ1) is 49.3. The Kier molecular flexibility index (Phi) is 18.2. The molecule has 0 rings (SSSR count). The zero-order valence-corrected chi connectivity index (χ0v) is 34.9. The van der Waals surface area contributed by atoms with Gasteiger partial charge in [0.05, 0.1) is 35.0 Å². The maximum absolute atomic E-state index is 14.5. The average molecular weight is 746 g/mol. The summed E-state index contributed by atoms with van der Waals surface area (Å²) in [6.07, 6.45) is 6.14. The van der Waals surface area contributed by atoms with Crippen LogP contribution in [-0.4, -0.2) is 66.9 Å². The number of carbonyl (C=O) groups excluding carboxylic acids is 5. The molecule has 5 amide bonds. The van der Waals surface area contributed by atoms with Crippen LogP contribution in [0.25, 0.3) is 0 Å². The van der Waals surface area contributed by atoms with Gasteiger partial charge in [-0.15, -0.1) is 6.42 Å². The first-order valence-corrected chi connectivity index (χ1v) is 18.6. The molecule has 0 aliphatic heterocycles. The number of hydrogen-bond donors (Lipinski definition) is 7. The first-order valence-electron chi connectivity index (χ1n) is 18.6. The lowest BCUT2D eigenvalue weighted by Crippen LogP contribution is -2.57. The molecule has 0 radical (unpaired) electrons. The number of nitriles is 1. The highest BCUT2D eigenvalue weighted by molar-refractivity contribution is 5.85. The highest BCUT2D eigenvalue weighted by Crippen LogP contribution is 2.60. The fourth-order valence-corrected chi connectivity index (χ4v) is 7.79. The summed E-state index contributed by atoms with van der Waals surface area (Å²) in [6.45, 7) is 25.6. The number of carbonyl (C=O) groups is 5. The van der Waals surface area contributed by atoms with Gasteiger partial charge in [-0.2, -0.15) is 5.26 Å². The number of hydrazine groups is 1. The molecule has 8 N–H and O–H groups in total. The first-order chi connectivity index (χ1) is 24.0. The monoisotopic (exact) mass is 746 g/mol. The Morgan fingerprint density at radius 1 is 0.717 bits per heavy atom. The molecule has 13 heteroatoms. The van der Waals surface area contributed by atoms with E-state index in [4.69, 9.17) is 12.3 Å². The molecule has 0 saturated heterocycles. The minimum Gasteiger partial charge on any atom is -0.392 e. The summed E-state index contributed by atoms with van der Waals surface area (Å²) < 4.78 is 0. The van der Waals surface area contributed by atoms with Gasteiger partial charge in [-0.1, -0.05) is 82.1 Å². The molecule has 0 spiro atoms. The minimum absolute atomic E-state index is 0.0104. The van der Waals surface area contributed by atoms with E-state index in [9.17, 15) is 34.3 Å². The van der Waals surface area contributed by atoms with Crippen LogP contribution in [0.5, 0.6) is 0 Å². The van der Waals surface area contributed by atoms with Gasteiger partial charge < -0.3 is 26.4 Å². The number of nitrogens with two attached hydrogens (primary N) is 1. The Morgan fingerprint density at radius 3 is 1.66 bits per heavy atom. The third-order valence-corrected chi connectivity index (χ3v) is 11.4. The van der Waals surface area contributed by atoms with Crippen LogP contribution in [0.15, 0.2) is 0 Å². The molecule has 0 aromatic rings. The van der Waals surface area contributed by atoms with E-state index in [2.05, 4.69) is 87.1 Å². The van der Waals surface area contributed by atoms with Crippen LogP contribution in [0.3, 0.4) is 0 Å². The van der Waals surface area contributed by atoms with Gasteiger partial charge in [0, 0.05) is 38.9 Å². The zero-order chi connectivity index (χ0) is 41.7. The van der Waals surface area contributed by atoms with E-state index in [1.165, 1.54) is 0 Å². The zero-order valence-electron chi connectivity index (χ0n) is 34.9. The standard InChI is InChI=1S/C40H71N7O6/c1-15-20-43-29(49)16-19-38(12,27-41)37(10,11)40(14,33(53)45-21-17-30(50)46-23-28(2)48)26-35(6,7)25-36(8,9)39(13,24-34(3,4)5)32(52)44-22-18-31(51)47-42/h1,28,48H,16-26,42H2,2-14H3,(H,43,49)(H,44,52)(H,45,53)(H,46,50)(H,47,51). The van der Waals surface area contributed by atoms with Gasteiger partial charge in [0.1, 0.15) is 0 Å². The molecule has 4 atom stereocenters. The fraction of sp³-hybridized carbons (Fsp3) is 0.800. The van der Waals surface area contributed by atoms with E-state index in [1.807, 2.05) is 27.7 Å². The maximum Gasteiger partial charge on any atom is 0.235 e. The normalized spacial score (nSPS) is 16.2. The average Bonchev–Trinajstić information content (AvgIpc) is 3.02. The van der Waals surface area contributed by atoms with Crippen molar-refractivity contribution in [1.82, 2.24) is 26.7 Å². The number of nitrogens with one attached hydrogen (secondary N) is 5. The molecule has 0 aromatic carbocycles. The van der Waals surface area contributed by atoms with Crippen LogP contribution < -0.4 is 32.5 Å². The van der Waals surface area contributed by atoms with Crippen molar-refractivity contribution in [2.45, 2.75) is 141 Å². The van der Waals surface area contributed by atoms with Crippen molar-refractivity contribution >= 4 is 29.5 Å². The van der Waals surface area contributed by atoms with Crippen LogP contribution >= 0.6 is 0 Å². The Hall–Kier alpha value is -3.68.